The summed E-state index contributed by atoms with van der Waals surface area (Å²) in [7, 11) is 0. The molecule has 0 bridgehead atoms. The van der Waals surface area contributed by atoms with Gasteiger partial charge in [-0.05, 0) is 33.6 Å². The molecule has 0 aromatic heterocycles. The molecule has 1 atom stereocenters. The highest BCUT2D eigenvalue weighted by atomic mass is 16.6. The fraction of sp³-hybridized carbons (Fsp3) is 0.933. The van der Waals surface area contributed by atoms with Crippen LogP contribution in [-0.4, -0.2) is 68.2 Å². The van der Waals surface area contributed by atoms with E-state index in [-0.39, 0.29) is 12.2 Å². The molecule has 6 nitrogen and oxygen atoms in total. The number of nitrogens with zero attached hydrogens (tertiary/aromatic N) is 1. The van der Waals surface area contributed by atoms with Gasteiger partial charge in [0.1, 0.15) is 5.60 Å². The van der Waals surface area contributed by atoms with Crippen molar-refractivity contribution in [1.29, 1.82) is 0 Å². The summed E-state index contributed by atoms with van der Waals surface area (Å²) in [6.07, 6.45) is 1.83. The molecule has 2 heterocycles. The second-order valence-electron chi connectivity index (χ2n) is 6.71. The SMILES string of the molecule is CC(C)(C)OC(=O)NCC1CN(C2CCOCC2)CCO1. The quantitative estimate of drug-likeness (QED) is 0.853. The number of rotatable bonds is 3. The van der Waals surface area contributed by atoms with Gasteiger partial charge in [0.15, 0.2) is 0 Å². The van der Waals surface area contributed by atoms with Crippen LogP contribution in [0, 0.1) is 0 Å². The number of morpholine rings is 1. The summed E-state index contributed by atoms with van der Waals surface area (Å²) >= 11 is 0. The predicted octanol–water partition coefficient (Wildman–Crippen LogP) is 1.39. The topological polar surface area (TPSA) is 60.0 Å². The Morgan fingerprint density at radius 3 is 2.67 bits per heavy atom. The van der Waals surface area contributed by atoms with E-state index >= 15 is 0 Å². The van der Waals surface area contributed by atoms with Gasteiger partial charge in [-0.1, -0.05) is 0 Å². The maximum Gasteiger partial charge on any atom is 0.407 e. The van der Waals surface area contributed by atoms with Gasteiger partial charge in [-0.3, -0.25) is 4.90 Å². The van der Waals surface area contributed by atoms with Gasteiger partial charge < -0.3 is 19.5 Å². The molecular formula is C15H28N2O4. The van der Waals surface area contributed by atoms with Crippen molar-refractivity contribution in [3.8, 4) is 0 Å². The molecule has 2 aliphatic rings. The highest BCUT2D eigenvalue weighted by molar-refractivity contribution is 5.67. The van der Waals surface area contributed by atoms with Crippen molar-refractivity contribution in [1.82, 2.24) is 10.2 Å². The average molecular weight is 300 g/mol. The Bertz CT molecular complexity index is 337. The van der Waals surface area contributed by atoms with Gasteiger partial charge >= 0.3 is 6.09 Å². The molecule has 6 heteroatoms. The third kappa shape index (κ3) is 5.80. The normalized spacial score (nSPS) is 25.6. The lowest BCUT2D eigenvalue weighted by atomic mass is 10.1. The van der Waals surface area contributed by atoms with E-state index in [9.17, 15) is 4.79 Å². The van der Waals surface area contributed by atoms with Crippen molar-refractivity contribution < 1.29 is 19.0 Å². The number of hydrogen-bond acceptors (Lipinski definition) is 5. The van der Waals surface area contributed by atoms with E-state index in [0.29, 0.717) is 12.6 Å². The number of carbonyl (C=O) groups is 1. The minimum absolute atomic E-state index is 0.0362. The summed E-state index contributed by atoms with van der Waals surface area (Å²) in [6.45, 7) is 10.3. The number of hydrogen-bond donors (Lipinski definition) is 1. The molecule has 1 amide bonds. The average Bonchev–Trinajstić information content (AvgIpc) is 2.45. The number of amides is 1. The lowest BCUT2D eigenvalue weighted by molar-refractivity contribution is -0.0608. The van der Waals surface area contributed by atoms with Gasteiger partial charge in [-0.15, -0.1) is 0 Å². The third-order valence-corrected chi connectivity index (χ3v) is 3.75. The van der Waals surface area contributed by atoms with Crippen molar-refractivity contribution in [3.05, 3.63) is 0 Å². The van der Waals surface area contributed by atoms with Crippen LogP contribution in [0.4, 0.5) is 4.79 Å². The molecule has 0 aromatic carbocycles. The monoisotopic (exact) mass is 300 g/mol. The molecule has 1 unspecified atom stereocenters. The van der Waals surface area contributed by atoms with E-state index in [1.165, 1.54) is 0 Å². The Morgan fingerprint density at radius 1 is 1.29 bits per heavy atom. The number of alkyl carbamates (subject to hydrolysis) is 1. The molecule has 2 rings (SSSR count). The largest absolute Gasteiger partial charge is 0.444 e. The van der Waals surface area contributed by atoms with Crippen LogP contribution in [0.5, 0.6) is 0 Å². The first kappa shape index (κ1) is 16.5. The van der Waals surface area contributed by atoms with Crippen LogP contribution in [-0.2, 0) is 14.2 Å². The summed E-state index contributed by atoms with van der Waals surface area (Å²) in [6, 6.07) is 0.590. The summed E-state index contributed by atoms with van der Waals surface area (Å²) in [5, 5.41) is 2.79. The van der Waals surface area contributed by atoms with Crippen LogP contribution >= 0.6 is 0 Å². The maximum atomic E-state index is 11.7. The zero-order valence-corrected chi connectivity index (χ0v) is 13.4. The molecule has 1 N–H and O–H groups in total. The smallest absolute Gasteiger partial charge is 0.407 e. The molecule has 0 spiro atoms. The number of ether oxygens (including phenoxy) is 3. The fourth-order valence-corrected chi connectivity index (χ4v) is 2.76. The molecular weight excluding hydrogens is 272 g/mol. The first-order valence-corrected chi connectivity index (χ1v) is 7.84. The van der Waals surface area contributed by atoms with E-state index in [0.717, 1.165) is 45.8 Å². The van der Waals surface area contributed by atoms with E-state index in [1.54, 1.807) is 0 Å². The predicted molar refractivity (Wildman–Crippen MR) is 79.4 cm³/mol. The summed E-state index contributed by atoms with van der Waals surface area (Å²) < 4.78 is 16.4. The zero-order chi connectivity index (χ0) is 15.3. The van der Waals surface area contributed by atoms with Crippen LogP contribution < -0.4 is 5.32 Å². The second-order valence-corrected chi connectivity index (χ2v) is 6.71. The minimum Gasteiger partial charge on any atom is -0.444 e. The van der Waals surface area contributed by atoms with E-state index in [4.69, 9.17) is 14.2 Å². The maximum absolute atomic E-state index is 11.7. The highest BCUT2D eigenvalue weighted by Crippen LogP contribution is 2.17. The van der Waals surface area contributed by atoms with Crippen molar-refractivity contribution >= 4 is 6.09 Å². The van der Waals surface area contributed by atoms with Crippen molar-refractivity contribution in [3.63, 3.8) is 0 Å². The van der Waals surface area contributed by atoms with Crippen molar-refractivity contribution in [2.24, 2.45) is 0 Å². The molecule has 0 aromatic rings. The fourth-order valence-electron chi connectivity index (χ4n) is 2.76. The molecule has 0 aliphatic carbocycles. The Labute approximate surface area is 127 Å². The first-order chi connectivity index (χ1) is 9.94. The molecule has 2 fully saturated rings. The molecule has 122 valence electrons. The molecule has 2 saturated heterocycles. The van der Waals surface area contributed by atoms with Crippen molar-refractivity contribution in [2.45, 2.75) is 51.4 Å². The van der Waals surface area contributed by atoms with Crippen LogP contribution in [0.1, 0.15) is 33.6 Å². The molecule has 2 aliphatic heterocycles. The van der Waals surface area contributed by atoms with Crippen molar-refractivity contribution in [2.75, 3.05) is 39.5 Å². The van der Waals surface area contributed by atoms with Crippen LogP contribution in [0.2, 0.25) is 0 Å². The summed E-state index contributed by atoms with van der Waals surface area (Å²) in [5.74, 6) is 0. The van der Waals surface area contributed by atoms with E-state index in [2.05, 4.69) is 10.2 Å². The Balaban J connectivity index is 1.72. The molecule has 0 saturated carbocycles. The van der Waals surface area contributed by atoms with Gasteiger partial charge in [-0.2, -0.15) is 0 Å². The third-order valence-electron chi connectivity index (χ3n) is 3.75. The van der Waals surface area contributed by atoms with Crippen LogP contribution in [0.3, 0.4) is 0 Å². The van der Waals surface area contributed by atoms with Gasteiger partial charge in [0.05, 0.1) is 12.7 Å². The first-order valence-electron chi connectivity index (χ1n) is 7.84. The molecule has 0 radical (unpaired) electrons. The molecule has 21 heavy (non-hydrogen) atoms. The van der Waals surface area contributed by atoms with Gasteiger partial charge in [0, 0.05) is 38.9 Å². The van der Waals surface area contributed by atoms with Gasteiger partial charge in [0.25, 0.3) is 0 Å². The number of nitrogens with one attached hydrogen (secondary N) is 1. The summed E-state index contributed by atoms with van der Waals surface area (Å²) in [4.78, 5) is 14.1. The number of carbonyl (C=O) groups excluding carboxylic acids is 1. The van der Waals surface area contributed by atoms with E-state index < -0.39 is 5.60 Å². The van der Waals surface area contributed by atoms with Gasteiger partial charge in [0.2, 0.25) is 0 Å². The van der Waals surface area contributed by atoms with Crippen LogP contribution in [0.15, 0.2) is 0 Å². The lowest BCUT2D eigenvalue weighted by Gasteiger charge is -2.39. The zero-order valence-electron chi connectivity index (χ0n) is 13.4. The second kappa shape index (κ2) is 7.42. The lowest BCUT2D eigenvalue weighted by Crippen LogP contribution is -2.52. The Morgan fingerprint density at radius 2 is 2.00 bits per heavy atom. The summed E-state index contributed by atoms with van der Waals surface area (Å²) in [5.41, 5.74) is -0.467. The Hall–Kier alpha value is -0.850. The van der Waals surface area contributed by atoms with E-state index in [1.807, 2.05) is 20.8 Å². The highest BCUT2D eigenvalue weighted by Gasteiger charge is 2.28. The Kier molecular flexibility index (Phi) is 5.84. The van der Waals surface area contributed by atoms with Crippen LogP contribution in [0.25, 0.3) is 0 Å². The van der Waals surface area contributed by atoms with Gasteiger partial charge in [-0.25, -0.2) is 4.79 Å². The minimum atomic E-state index is -0.467. The standard InChI is InChI=1S/C15H28N2O4/c1-15(2,3)21-14(18)16-10-13-11-17(6-9-20-13)12-4-7-19-8-5-12/h12-13H,4-11H2,1-3H3,(H,16,18).